The lowest BCUT2D eigenvalue weighted by Gasteiger charge is -2.20. The third-order valence-electron chi connectivity index (χ3n) is 3.61. The summed E-state index contributed by atoms with van der Waals surface area (Å²) in [5.74, 6) is 0.205. The normalized spacial score (nSPS) is 10.7. The Bertz CT molecular complexity index is 810. The largest absolute Gasteiger partial charge is 0.356 e. The average Bonchev–Trinajstić information content (AvgIpc) is 2.66. The molecule has 0 spiro atoms. The van der Waals surface area contributed by atoms with Crippen molar-refractivity contribution in [2.45, 2.75) is 34.0 Å². The molecule has 0 aliphatic carbocycles. The van der Waals surface area contributed by atoms with Crippen molar-refractivity contribution in [2.24, 2.45) is 5.16 Å². The Labute approximate surface area is 168 Å². The van der Waals surface area contributed by atoms with Crippen molar-refractivity contribution >= 4 is 27.4 Å². The van der Waals surface area contributed by atoms with Crippen LogP contribution in [0.2, 0.25) is 0 Å². The van der Waals surface area contributed by atoms with Gasteiger partial charge in [-0.2, -0.15) is 0 Å². The minimum atomic E-state index is -0.601. The number of halogens is 1. The van der Waals surface area contributed by atoms with E-state index < -0.39 is 6.29 Å². The standard InChI is InChI=1S/C21H24BrNO4/c1-5-25-21(26-6-2)17-10-8-7-9-16(17)20(24)18-12-11-15(22)13-19(18)27-23-14(3)4/h7-13,21H,5-6H2,1-4H3. The molecular weight excluding hydrogens is 410 g/mol. The van der Waals surface area contributed by atoms with E-state index in [1.807, 2.05) is 45.9 Å². The molecule has 0 atom stereocenters. The molecule has 6 heteroatoms. The molecule has 2 rings (SSSR count). The van der Waals surface area contributed by atoms with Gasteiger partial charge in [0.1, 0.15) is 0 Å². The van der Waals surface area contributed by atoms with Gasteiger partial charge in [0.25, 0.3) is 0 Å². The van der Waals surface area contributed by atoms with E-state index in [0.29, 0.717) is 35.7 Å². The van der Waals surface area contributed by atoms with Crippen LogP contribution in [0.15, 0.2) is 52.1 Å². The van der Waals surface area contributed by atoms with Crippen molar-refractivity contribution in [3.63, 3.8) is 0 Å². The molecule has 2 aromatic carbocycles. The van der Waals surface area contributed by atoms with Gasteiger partial charge in [0.2, 0.25) is 0 Å². The van der Waals surface area contributed by atoms with Gasteiger partial charge < -0.3 is 14.3 Å². The molecule has 0 heterocycles. The number of nitrogens with zero attached hydrogens (tertiary/aromatic N) is 1. The minimum Gasteiger partial charge on any atom is -0.356 e. The zero-order chi connectivity index (χ0) is 19.8. The number of carbonyl (C=O) groups excluding carboxylic acids is 1. The van der Waals surface area contributed by atoms with Crippen molar-refractivity contribution in [2.75, 3.05) is 13.2 Å². The van der Waals surface area contributed by atoms with Crippen LogP contribution in [-0.4, -0.2) is 24.7 Å². The number of carbonyl (C=O) groups is 1. The van der Waals surface area contributed by atoms with E-state index in [2.05, 4.69) is 21.1 Å². The summed E-state index contributed by atoms with van der Waals surface area (Å²) in [6, 6.07) is 12.5. The van der Waals surface area contributed by atoms with Crippen molar-refractivity contribution in [3.05, 3.63) is 63.6 Å². The summed E-state index contributed by atoms with van der Waals surface area (Å²) in [6.07, 6.45) is -0.601. The minimum absolute atomic E-state index is 0.179. The van der Waals surface area contributed by atoms with Gasteiger partial charge in [-0.25, -0.2) is 0 Å². The molecule has 27 heavy (non-hydrogen) atoms. The fourth-order valence-corrected chi connectivity index (χ4v) is 2.82. The Morgan fingerprint density at radius 2 is 1.70 bits per heavy atom. The molecule has 0 aliphatic heterocycles. The molecule has 2 aromatic rings. The molecule has 0 saturated carbocycles. The highest BCUT2D eigenvalue weighted by Gasteiger charge is 2.23. The first-order valence-electron chi connectivity index (χ1n) is 8.82. The zero-order valence-electron chi connectivity index (χ0n) is 16.0. The molecule has 0 bridgehead atoms. The second kappa shape index (κ2) is 10.3. The van der Waals surface area contributed by atoms with Gasteiger partial charge in [-0.05, 0) is 45.9 Å². The van der Waals surface area contributed by atoms with Crippen LogP contribution >= 0.6 is 15.9 Å². The quantitative estimate of drug-likeness (QED) is 0.226. The van der Waals surface area contributed by atoms with Gasteiger partial charge in [-0.1, -0.05) is 45.4 Å². The van der Waals surface area contributed by atoms with Crippen LogP contribution in [-0.2, 0) is 9.47 Å². The van der Waals surface area contributed by atoms with Gasteiger partial charge >= 0.3 is 0 Å². The lowest BCUT2D eigenvalue weighted by atomic mass is 9.97. The molecule has 5 nitrogen and oxygen atoms in total. The second-order valence-corrected chi connectivity index (χ2v) is 6.84. The Morgan fingerprint density at radius 1 is 1.04 bits per heavy atom. The summed E-state index contributed by atoms with van der Waals surface area (Å²) in [6.45, 7) is 8.38. The molecule has 0 unspecified atom stereocenters. The number of benzene rings is 2. The van der Waals surface area contributed by atoms with Gasteiger partial charge in [0, 0.05) is 28.8 Å². The highest BCUT2D eigenvalue weighted by molar-refractivity contribution is 9.10. The van der Waals surface area contributed by atoms with E-state index in [1.54, 1.807) is 24.3 Å². The van der Waals surface area contributed by atoms with Gasteiger partial charge in [0.05, 0.1) is 11.3 Å². The van der Waals surface area contributed by atoms with E-state index >= 15 is 0 Å². The first kappa shape index (κ1) is 21.3. The molecule has 144 valence electrons. The molecule has 0 radical (unpaired) electrons. The summed E-state index contributed by atoms with van der Waals surface area (Å²) in [7, 11) is 0. The van der Waals surface area contributed by atoms with Crippen LogP contribution in [0, 0.1) is 0 Å². The van der Waals surface area contributed by atoms with E-state index in [1.165, 1.54) is 0 Å². The maximum absolute atomic E-state index is 13.3. The number of ether oxygens (including phenoxy) is 2. The molecule has 0 saturated heterocycles. The Kier molecular flexibility index (Phi) is 8.16. The molecule has 0 aliphatic rings. The fourth-order valence-electron chi connectivity index (χ4n) is 2.48. The number of hydrogen-bond donors (Lipinski definition) is 0. The first-order valence-corrected chi connectivity index (χ1v) is 9.61. The number of rotatable bonds is 9. The van der Waals surface area contributed by atoms with Crippen LogP contribution in [0.5, 0.6) is 5.75 Å². The highest BCUT2D eigenvalue weighted by atomic mass is 79.9. The molecule has 0 fully saturated rings. The van der Waals surface area contributed by atoms with Crippen LogP contribution in [0.3, 0.4) is 0 Å². The van der Waals surface area contributed by atoms with E-state index in [4.69, 9.17) is 14.3 Å². The average molecular weight is 434 g/mol. The third-order valence-corrected chi connectivity index (χ3v) is 4.10. The highest BCUT2D eigenvalue weighted by Crippen LogP contribution is 2.30. The number of hydrogen-bond acceptors (Lipinski definition) is 5. The Morgan fingerprint density at radius 3 is 2.33 bits per heavy atom. The molecule has 0 N–H and O–H groups in total. The van der Waals surface area contributed by atoms with E-state index in [0.717, 1.165) is 10.2 Å². The monoisotopic (exact) mass is 433 g/mol. The SMILES string of the molecule is CCOC(OCC)c1ccccc1C(=O)c1ccc(Br)cc1ON=C(C)C. The van der Waals surface area contributed by atoms with Crippen LogP contribution in [0.4, 0.5) is 0 Å². The van der Waals surface area contributed by atoms with Crippen LogP contribution < -0.4 is 4.84 Å². The lowest BCUT2D eigenvalue weighted by molar-refractivity contribution is -0.140. The summed E-state index contributed by atoms with van der Waals surface area (Å²) >= 11 is 3.41. The first-order chi connectivity index (χ1) is 13.0. The van der Waals surface area contributed by atoms with Crippen LogP contribution in [0.25, 0.3) is 0 Å². The molecule has 0 aromatic heterocycles. The van der Waals surface area contributed by atoms with Gasteiger partial charge in [-0.3, -0.25) is 4.79 Å². The fraction of sp³-hybridized carbons (Fsp3) is 0.333. The zero-order valence-corrected chi connectivity index (χ0v) is 17.6. The Hall–Kier alpha value is -2.02. The molecule has 0 amide bonds. The molecular formula is C21H24BrNO4. The van der Waals surface area contributed by atoms with E-state index in [9.17, 15) is 4.79 Å². The summed E-state index contributed by atoms with van der Waals surface area (Å²) in [5.41, 5.74) is 2.37. The van der Waals surface area contributed by atoms with E-state index in [-0.39, 0.29) is 5.78 Å². The van der Waals surface area contributed by atoms with Gasteiger partial charge in [0.15, 0.2) is 17.8 Å². The van der Waals surface area contributed by atoms with Crippen molar-refractivity contribution < 1.29 is 19.1 Å². The summed E-state index contributed by atoms with van der Waals surface area (Å²) in [5, 5.41) is 3.98. The van der Waals surface area contributed by atoms with Crippen molar-refractivity contribution in [1.29, 1.82) is 0 Å². The van der Waals surface area contributed by atoms with Crippen LogP contribution in [0.1, 0.15) is 55.5 Å². The Balaban J connectivity index is 2.48. The maximum atomic E-state index is 13.3. The number of oxime groups is 1. The summed E-state index contributed by atoms with van der Waals surface area (Å²) < 4.78 is 12.2. The second-order valence-electron chi connectivity index (χ2n) is 5.93. The lowest BCUT2D eigenvalue weighted by Crippen LogP contribution is -2.15. The maximum Gasteiger partial charge on any atom is 0.197 e. The smallest absolute Gasteiger partial charge is 0.197 e. The topological polar surface area (TPSA) is 57.1 Å². The van der Waals surface area contributed by atoms with Gasteiger partial charge in [-0.15, -0.1) is 0 Å². The van der Waals surface area contributed by atoms with Crippen molar-refractivity contribution in [3.8, 4) is 5.75 Å². The predicted octanol–water partition coefficient (Wildman–Crippen LogP) is 5.53. The van der Waals surface area contributed by atoms with Crippen molar-refractivity contribution in [1.82, 2.24) is 0 Å². The predicted molar refractivity (Wildman–Crippen MR) is 109 cm³/mol. The number of ketones is 1. The third kappa shape index (κ3) is 5.73. The summed E-state index contributed by atoms with van der Waals surface area (Å²) in [4.78, 5) is 18.8.